The van der Waals surface area contributed by atoms with E-state index in [0.717, 1.165) is 31.7 Å². The molecule has 1 aliphatic heterocycles. The molecule has 1 fully saturated rings. The zero-order chi connectivity index (χ0) is 13.2. The first kappa shape index (κ1) is 12.4. The number of hydrogen-bond acceptors (Lipinski definition) is 3. The highest BCUT2D eigenvalue weighted by Gasteiger charge is 2.13. The number of hydrogen-bond donors (Lipinski definition) is 1. The summed E-state index contributed by atoms with van der Waals surface area (Å²) in [4.78, 5) is 7.00. The summed E-state index contributed by atoms with van der Waals surface area (Å²) in [6.45, 7) is 8.71. The molecule has 0 aliphatic carbocycles. The van der Waals surface area contributed by atoms with Crippen LogP contribution in [0.1, 0.15) is 17.5 Å². The minimum Gasteiger partial charge on any atom is -0.370 e. The van der Waals surface area contributed by atoms with Crippen molar-refractivity contribution in [1.82, 2.24) is 10.3 Å². The smallest absolute Gasteiger partial charge is 0.0725 e. The number of fused-ring (bicyclic) bond motifs is 1. The van der Waals surface area contributed by atoms with Crippen LogP contribution in [0.5, 0.6) is 0 Å². The van der Waals surface area contributed by atoms with E-state index < -0.39 is 0 Å². The molecule has 0 bridgehead atoms. The van der Waals surface area contributed by atoms with Crippen LogP contribution >= 0.6 is 0 Å². The van der Waals surface area contributed by atoms with Gasteiger partial charge in [0.15, 0.2) is 0 Å². The van der Waals surface area contributed by atoms with Gasteiger partial charge in [-0.15, -0.1) is 0 Å². The van der Waals surface area contributed by atoms with Crippen molar-refractivity contribution < 1.29 is 0 Å². The van der Waals surface area contributed by atoms with Gasteiger partial charge in [0.05, 0.1) is 5.52 Å². The Morgan fingerprint density at radius 2 is 1.95 bits per heavy atom. The van der Waals surface area contributed by atoms with Gasteiger partial charge in [-0.2, -0.15) is 0 Å². The van der Waals surface area contributed by atoms with Gasteiger partial charge >= 0.3 is 0 Å². The van der Waals surface area contributed by atoms with E-state index in [2.05, 4.69) is 47.2 Å². The summed E-state index contributed by atoms with van der Waals surface area (Å²) in [7, 11) is 0. The maximum absolute atomic E-state index is 4.52. The van der Waals surface area contributed by atoms with Crippen LogP contribution in [0, 0.1) is 13.8 Å². The summed E-state index contributed by atoms with van der Waals surface area (Å²) in [5.74, 6) is 0. The third-order valence-electron chi connectivity index (χ3n) is 4.01. The van der Waals surface area contributed by atoms with Crippen LogP contribution < -0.4 is 10.2 Å². The van der Waals surface area contributed by atoms with Gasteiger partial charge in [0.2, 0.25) is 0 Å². The number of nitrogens with zero attached hydrogens (tertiary/aromatic N) is 2. The molecule has 1 aromatic heterocycles. The fourth-order valence-electron chi connectivity index (χ4n) is 2.75. The molecule has 1 aliphatic rings. The molecule has 1 N–H and O–H groups in total. The lowest BCUT2D eigenvalue weighted by atomic mass is 10.0. The normalized spacial score (nSPS) is 16.6. The summed E-state index contributed by atoms with van der Waals surface area (Å²) in [6, 6.07) is 6.64. The zero-order valence-corrected chi connectivity index (χ0v) is 11.7. The molecule has 0 amide bonds. The van der Waals surface area contributed by atoms with Gasteiger partial charge in [0.25, 0.3) is 0 Å². The van der Waals surface area contributed by atoms with E-state index in [4.69, 9.17) is 0 Å². The van der Waals surface area contributed by atoms with Crippen molar-refractivity contribution in [3.8, 4) is 0 Å². The Kier molecular flexibility index (Phi) is 3.38. The van der Waals surface area contributed by atoms with Crippen molar-refractivity contribution in [2.75, 3.05) is 31.1 Å². The number of benzene rings is 1. The lowest BCUT2D eigenvalue weighted by Crippen LogP contribution is -2.28. The van der Waals surface area contributed by atoms with Gasteiger partial charge in [-0.1, -0.05) is 0 Å². The third kappa shape index (κ3) is 2.43. The van der Waals surface area contributed by atoms with Crippen molar-refractivity contribution in [1.29, 1.82) is 0 Å². The first-order chi connectivity index (χ1) is 9.25. The average molecular weight is 255 g/mol. The minimum absolute atomic E-state index is 1.06. The second kappa shape index (κ2) is 5.17. The molecule has 3 heteroatoms. The Hall–Kier alpha value is -1.61. The predicted octanol–water partition coefficient (Wildman–Crippen LogP) is 2.65. The molecule has 1 aromatic carbocycles. The molecule has 0 atom stereocenters. The van der Waals surface area contributed by atoms with Crippen LogP contribution in [-0.4, -0.2) is 31.2 Å². The molecule has 100 valence electrons. The number of pyridine rings is 1. The summed E-state index contributed by atoms with van der Waals surface area (Å²) in [5, 5.41) is 4.74. The first-order valence-electron chi connectivity index (χ1n) is 7.07. The molecule has 1 saturated heterocycles. The van der Waals surface area contributed by atoms with E-state index in [9.17, 15) is 0 Å². The van der Waals surface area contributed by atoms with Crippen LogP contribution in [0.3, 0.4) is 0 Å². The monoisotopic (exact) mass is 255 g/mol. The van der Waals surface area contributed by atoms with Crippen molar-refractivity contribution in [3.05, 3.63) is 35.5 Å². The number of aryl methyl sites for hydroxylation is 2. The molecule has 0 unspecified atom stereocenters. The topological polar surface area (TPSA) is 28.2 Å². The lowest BCUT2D eigenvalue weighted by molar-refractivity contribution is 0.724. The van der Waals surface area contributed by atoms with Gasteiger partial charge in [-0.3, -0.25) is 4.98 Å². The fourth-order valence-corrected chi connectivity index (χ4v) is 2.75. The highest BCUT2D eigenvalue weighted by molar-refractivity contribution is 5.92. The second-order valence-corrected chi connectivity index (χ2v) is 5.37. The van der Waals surface area contributed by atoms with Crippen molar-refractivity contribution in [2.24, 2.45) is 0 Å². The highest BCUT2D eigenvalue weighted by atomic mass is 15.2. The standard InChI is InChI=1S/C16H21N3/c1-12-10-14-15(11-13(12)2)18-6-4-16(14)19-8-3-5-17-7-9-19/h4,6,10-11,17H,3,5,7-9H2,1-2H3. The van der Waals surface area contributed by atoms with E-state index in [0.29, 0.717) is 0 Å². The third-order valence-corrected chi connectivity index (χ3v) is 4.01. The van der Waals surface area contributed by atoms with Crippen LogP contribution in [0.25, 0.3) is 10.9 Å². The Morgan fingerprint density at radius 1 is 1.11 bits per heavy atom. The average Bonchev–Trinajstić information content (AvgIpc) is 2.68. The van der Waals surface area contributed by atoms with Gasteiger partial charge in [-0.25, -0.2) is 0 Å². The van der Waals surface area contributed by atoms with E-state index in [1.54, 1.807) is 0 Å². The van der Waals surface area contributed by atoms with Crippen molar-refractivity contribution >= 4 is 16.6 Å². The Labute approximate surface area is 114 Å². The summed E-state index contributed by atoms with van der Waals surface area (Å²) < 4.78 is 0. The lowest BCUT2D eigenvalue weighted by Gasteiger charge is -2.24. The number of anilines is 1. The predicted molar refractivity (Wildman–Crippen MR) is 80.9 cm³/mol. The zero-order valence-electron chi connectivity index (χ0n) is 11.7. The molecular weight excluding hydrogens is 234 g/mol. The number of nitrogens with one attached hydrogen (secondary N) is 1. The molecular formula is C16H21N3. The minimum atomic E-state index is 1.06. The quantitative estimate of drug-likeness (QED) is 0.849. The number of aromatic nitrogens is 1. The van der Waals surface area contributed by atoms with E-state index in [-0.39, 0.29) is 0 Å². The molecule has 0 radical (unpaired) electrons. The molecule has 2 heterocycles. The Balaban J connectivity index is 2.09. The molecule has 0 spiro atoms. The first-order valence-corrected chi connectivity index (χ1v) is 7.07. The van der Waals surface area contributed by atoms with E-state index >= 15 is 0 Å². The van der Waals surface area contributed by atoms with E-state index in [1.807, 2.05) is 6.20 Å². The SMILES string of the molecule is Cc1cc2nccc(N3CCCNCC3)c2cc1C. The summed E-state index contributed by atoms with van der Waals surface area (Å²) in [6.07, 6.45) is 3.14. The van der Waals surface area contributed by atoms with Gasteiger partial charge in [-0.05, 0) is 56.1 Å². The Bertz CT molecular complexity index is 584. The molecule has 19 heavy (non-hydrogen) atoms. The maximum Gasteiger partial charge on any atom is 0.0725 e. The number of rotatable bonds is 1. The van der Waals surface area contributed by atoms with Gasteiger partial charge in [0, 0.05) is 36.9 Å². The van der Waals surface area contributed by atoms with Crippen molar-refractivity contribution in [2.45, 2.75) is 20.3 Å². The fraction of sp³-hybridized carbons (Fsp3) is 0.438. The second-order valence-electron chi connectivity index (χ2n) is 5.37. The Morgan fingerprint density at radius 3 is 2.84 bits per heavy atom. The van der Waals surface area contributed by atoms with Crippen LogP contribution in [-0.2, 0) is 0 Å². The molecule has 0 saturated carbocycles. The van der Waals surface area contributed by atoms with Crippen LogP contribution in [0.4, 0.5) is 5.69 Å². The molecule has 3 nitrogen and oxygen atoms in total. The largest absolute Gasteiger partial charge is 0.370 e. The summed E-state index contributed by atoms with van der Waals surface area (Å²) in [5.41, 5.74) is 5.10. The summed E-state index contributed by atoms with van der Waals surface area (Å²) >= 11 is 0. The molecule has 2 aromatic rings. The molecule has 3 rings (SSSR count). The van der Waals surface area contributed by atoms with E-state index in [1.165, 1.54) is 28.6 Å². The van der Waals surface area contributed by atoms with Crippen LogP contribution in [0.2, 0.25) is 0 Å². The van der Waals surface area contributed by atoms with Crippen LogP contribution in [0.15, 0.2) is 24.4 Å². The van der Waals surface area contributed by atoms with Gasteiger partial charge in [0.1, 0.15) is 0 Å². The maximum atomic E-state index is 4.52. The van der Waals surface area contributed by atoms with Crippen molar-refractivity contribution in [3.63, 3.8) is 0 Å². The highest BCUT2D eigenvalue weighted by Crippen LogP contribution is 2.28. The van der Waals surface area contributed by atoms with Gasteiger partial charge < -0.3 is 10.2 Å².